The molecule has 2 amide bonds. The summed E-state index contributed by atoms with van der Waals surface area (Å²) in [6.07, 6.45) is 0. The maximum absolute atomic E-state index is 13.7. The van der Waals surface area contributed by atoms with E-state index in [0.29, 0.717) is 40.8 Å². The first-order chi connectivity index (χ1) is 13.5. The molecule has 1 heterocycles. The number of aryl methyl sites for hydroxylation is 1. The van der Waals surface area contributed by atoms with E-state index in [4.69, 9.17) is 0 Å². The lowest BCUT2D eigenvalue weighted by atomic mass is 10.0. The molecule has 0 spiro atoms. The molecule has 0 bridgehead atoms. The molecule has 6 heteroatoms. The molecule has 0 aliphatic heterocycles. The fourth-order valence-electron chi connectivity index (χ4n) is 3.45. The molecule has 0 aliphatic rings. The molecule has 0 saturated carbocycles. The van der Waals surface area contributed by atoms with Crippen molar-refractivity contribution in [2.75, 3.05) is 13.1 Å². The van der Waals surface area contributed by atoms with Gasteiger partial charge in [0.05, 0.1) is 5.56 Å². The number of aromatic amines is 1. The van der Waals surface area contributed by atoms with Gasteiger partial charge in [0, 0.05) is 29.7 Å². The highest BCUT2D eigenvalue weighted by Gasteiger charge is 2.28. The van der Waals surface area contributed by atoms with E-state index < -0.39 is 17.8 Å². The van der Waals surface area contributed by atoms with Crippen molar-refractivity contribution < 1.29 is 14.0 Å². The van der Waals surface area contributed by atoms with Crippen LogP contribution in [0.5, 0.6) is 0 Å². The van der Waals surface area contributed by atoms with E-state index in [2.05, 4.69) is 10.3 Å². The van der Waals surface area contributed by atoms with Crippen LogP contribution in [0, 0.1) is 12.7 Å². The monoisotopic (exact) mass is 381 g/mol. The normalized spacial score (nSPS) is 12.0. The fraction of sp³-hybridized carbons (Fsp3) is 0.273. The van der Waals surface area contributed by atoms with E-state index in [1.807, 2.05) is 44.2 Å². The molecule has 0 aliphatic carbocycles. The summed E-state index contributed by atoms with van der Waals surface area (Å²) in [4.78, 5) is 31.0. The Kier molecular flexibility index (Phi) is 5.78. The summed E-state index contributed by atoms with van der Waals surface area (Å²) in [6, 6.07) is 12.6. The second-order valence-corrected chi connectivity index (χ2v) is 6.64. The summed E-state index contributed by atoms with van der Waals surface area (Å²) < 4.78 is 13.7. The quantitative estimate of drug-likeness (QED) is 0.679. The first-order valence-corrected chi connectivity index (χ1v) is 9.38. The van der Waals surface area contributed by atoms with Crippen LogP contribution in [-0.4, -0.2) is 34.8 Å². The lowest BCUT2D eigenvalue weighted by Gasteiger charge is -2.26. The number of rotatable bonds is 6. The van der Waals surface area contributed by atoms with Gasteiger partial charge in [0.15, 0.2) is 0 Å². The van der Waals surface area contributed by atoms with Crippen LogP contribution in [0.1, 0.15) is 41.5 Å². The number of aromatic nitrogens is 1. The van der Waals surface area contributed by atoms with E-state index in [1.54, 1.807) is 17.9 Å². The van der Waals surface area contributed by atoms with Crippen molar-refractivity contribution in [3.05, 3.63) is 71.2 Å². The van der Waals surface area contributed by atoms with E-state index in [9.17, 15) is 14.0 Å². The summed E-state index contributed by atoms with van der Waals surface area (Å²) >= 11 is 0. The molecule has 1 aromatic heterocycles. The largest absolute Gasteiger partial charge is 0.358 e. The van der Waals surface area contributed by atoms with Crippen LogP contribution in [0.25, 0.3) is 10.9 Å². The molecule has 3 rings (SSSR count). The Bertz CT molecular complexity index is 994. The number of hydrogen-bond acceptors (Lipinski definition) is 2. The molecule has 2 N–H and O–H groups in total. The molecule has 0 radical (unpaired) electrons. The van der Waals surface area contributed by atoms with E-state index in [1.165, 1.54) is 12.1 Å². The lowest BCUT2D eigenvalue weighted by Crippen LogP contribution is -2.43. The summed E-state index contributed by atoms with van der Waals surface area (Å²) in [5.41, 5.74) is 2.36. The Balaban J connectivity index is 1.99. The molecule has 1 atom stereocenters. The van der Waals surface area contributed by atoms with E-state index in [0.717, 1.165) is 0 Å². The van der Waals surface area contributed by atoms with Gasteiger partial charge in [-0.15, -0.1) is 0 Å². The van der Waals surface area contributed by atoms with Crippen LogP contribution in [0.2, 0.25) is 0 Å². The maximum atomic E-state index is 13.7. The molecular weight excluding hydrogens is 357 g/mol. The van der Waals surface area contributed by atoms with Gasteiger partial charge < -0.3 is 15.2 Å². The van der Waals surface area contributed by atoms with Gasteiger partial charge in [-0.2, -0.15) is 0 Å². The zero-order valence-electron chi connectivity index (χ0n) is 16.3. The molecule has 0 fully saturated rings. The van der Waals surface area contributed by atoms with Crippen LogP contribution in [0.15, 0.2) is 48.5 Å². The zero-order chi connectivity index (χ0) is 20.3. The van der Waals surface area contributed by atoms with Gasteiger partial charge in [0.2, 0.25) is 5.91 Å². The lowest BCUT2D eigenvalue weighted by molar-refractivity contribution is -0.133. The highest BCUT2D eigenvalue weighted by atomic mass is 19.1. The highest BCUT2D eigenvalue weighted by molar-refractivity contribution is 6.09. The standard InChI is InChI=1S/C22H24FN3O2/c1-4-26(5-2)22(28)20(15-9-7-6-8-10-15)25-21(27)19-14(3)24-18-12-11-16(23)13-17(18)19/h6-13,20,24H,4-5H2,1-3H3,(H,25,27). The minimum absolute atomic E-state index is 0.173. The Hall–Kier alpha value is -3.15. The number of nitrogens with zero attached hydrogens (tertiary/aromatic N) is 1. The summed E-state index contributed by atoms with van der Waals surface area (Å²) in [6.45, 7) is 6.66. The SMILES string of the molecule is CCN(CC)C(=O)C(NC(=O)c1c(C)[nH]c2ccc(F)cc12)c1ccccc1. The number of carbonyl (C=O) groups excluding carboxylic acids is 2. The number of nitrogens with one attached hydrogen (secondary N) is 2. The number of fused-ring (bicyclic) bond motifs is 1. The number of hydrogen-bond donors (Lipinski definition) is 2. The van der Waals surface area contributed by atoms with Crippen molar-refractivity contribution in [3.63, 3.8) is 0 Å². The molecule has 146 valence electrons. The predicted molar refractivity (Wildman–Crippen MR) is 108 cm³/mol. The summed E-state index contributed by atoms with van der Waals surface area (Å²) in [7, 11) is 0. The molecule has 5 nitrogen and oxygen atoms in total. The third kappa shape index (κ3) is 3.76. The van der Waals surface area contributed by atoms with Crippen LogP contribution < -0.4 is 5.32 Å². The third-order valence-corrected chi connectivity index (χ3v) is 4.91. The van der Waals surface area contributed by atoms with Crippen LogP contribution >= 0.6 is 0 Å². The van der Waals surface area contributed by atoms with Crippen molar-refractivity contribution in [2.45, 2.75) is 26.8 Å². The number of likely N-dealkylation sites (N-methyl/N-ethyl adjacent to an activating group) is 1. The van der Waals surface area contributed by atoms with Crippen molar-refractivity contribution in [2.24, 2.45) is 0 Å². The fourth-order valence-corrected chi connectivity index (χ4v) is 3.45. The first kappa shape index (κ1) is 19.6. The predicted octanol–water partition coefficient (Wildman–Crippen LogP) is 3.95. The number of carbonyl (C=O) groups is 2. The molecule has 3 aromatic rings. The van der Waals surface area contributed by atoms with Crippen molar-refractivity contribution in [3.8, 4) is 0 Å². The highest BCUT2D eigenvalue weighted by Crippen LogP contribution is 2.25. The topological polar surface area (TPSA) is 65.2 Å². The van der Waals surface area contributed by atoms with E-state index >= 15 is 0 Å². The Morgan fingerprint density at radius 1 is 1.11 bits per heavy atom. The molecule has 0 saturated heterocycles. The van der Waals surface area contributed by atoms with Crippen molar-refractivity contribution in [1.29, 1.82) is 0 Å². The van der Waals surface area contributed by atoms with Gasteiger partial charge in [-0.1, -0.05) is 30.3 Å². The maximum Gasteiger partial charge on any atom is 0.254 e. The molecule has 2 aromatic carbocycles. The number of H-pyrrole nitrogens is 1. The molecule has 1 unspecified atom stereocenters. The minimum atomic E-state index is -0.813. The van der Waals surface area contributed by atoms with Crippen LogP contribution in [-0.2, 0) is 4.79 Å². The number of halogens is 1. The Morgan fingerprint density at radius 2 is 1.79 bits per heavy atom. The Labute approximate surface area is 163 Å². The van der Waals surface area contributed by atoms with E-state index in [-0.39, 0.29) is 5.91 Å². The van der Waals surface area contributed by atoms with Crippen molar-refractivity contribution in [1.82, 2.24) is 15.2 Å². The average Bonchev–Trinajstić information content (AvgIpc) is 3.02. The smallest absolute Gasteiger partial charge is 0.254 e. The van der Waals surface area contributed by atoms with Gasteiger partial charge in [0.25, 0.3) is 5.91 Å². The zero-order valence-corrected chi connectivity index (χ0v) is 16.3. The second-order valence-electron chi connectivity index (χ2n) is 6.64. The van der Waals surface area contributed by atoms with Gasteiger partial charge in [-0.25, -0.2) is 4.39 Å². The molecular formula is C22H24FN3O2. The van der Waals surface area contributed by atoms with Crippen molar-refractivity contribution >= 4 is 22.7 Å². The van der Waals surface area contributed by atoms with Gasteiger partial charge >= 0.3 is 0 Å². The first-order valence-electron chi connectivity index (χ1n) is 9.38. The minimum Gasteiger partial charge on any atom is -0.358 e. The van der Waals surface area contributed by atoms with Crippen LogP contribution in [0.3, 0.4) is 0 Å². The second kappa shape index (κ2) is 8.25. The third-order valence-electron chi connectivity index (χ3n) is 4.91. The average molecular weight is 381 g/mol. The summed E-state index contributed by atoms with van der Waals surface area (Å²) in [5.74, 6) is -1.00. The molecule has 28 heavy (non-hydrogen) atoms. The number of benzene rings is 2. The number of amides is 2. The van der Waals surface area contributed by atoms with Crippen LogP contribution in [0.4, 0.5) is 4.39 Å². The summed E-state index contributed by atoms with van der Waals surface area (Å²) in [5, 5.41) is 3.36. The van der Waals surface area contributed by atoms with Gasteiger partial charge in [-0.3, -0.25) is 9.59 Å². The van der Waals surface area contributed by atoms with Gasteiger partial charge in [0.1, 0.15) is 11.9 Å². The Morgan fingerprint density at radius 3 is 2.43 bits per heavy atom. The van der Waals surface area contributed by atoms with Gasteiger partial charge in [-0.05, 0) is 44.5 Å².